The quantitative estimate of drug-likeness (QED) is 0.416. The summed E-state index contributed by atoms with van der Waals surface area (Å²) in [6, 6.07) is 8.08. The highest BCUT2D eigenvalue weighted by Gasteiger charge is 2.09. The zero-order chi connectivity index (χ0) is 19.1. The largest absolute Gasteiger partial charge is 0.497 e. The number of amides is 1. The molecule has 1 amide bonds. The molecule has 0 atom stereocenters. The number of rotatable bonds is 7. The van der Waals surface area contributed by atoms with E-state index in [0.29, 0.717) is 22.1 Å². The van der Waals surface area contributed by atoms with Gasteiger partial charge >= 0.3 is 0 Å². The van der Waals surface area contributed by atoms with Gasteiger partial charge in [0, 0.05) is 17.7 Å². The lowest BCUT2D eigenvalue weighted by atomic mass is 10.2. The van der Waals surface area contributed by atoms with Gasteiger partial charge in [-0.1, -0.05) is 34.8 Å². The molecule has 1 N–H and O–H groups in total. The van der Waals surface area contributed by atoms with Crippen LogP contribution in [0.5, 0.6) is 17.2 Å². The minimum absolute atomic E-state index is 0.247. The Morgan fingerprint density at radius 3 is 2.46 bits per heavy atom. The van der Waals surface area contributed by atoms with Crippen LogP contribution in [0.15, 0.2) is 35.4 Å². The fraction of sp³-hybridized carbons (Fsp3) is 0.176. The van der Waals surface area contributed by atoms with Crippen LogP contribution in [0.1, 0.15) is 5.56 Å². The van der Waals surface area contributed by atoms with Crippen molar-refractivity contribution in [1.29, 1.82) is 0 Å². The summed E-state index contributed by atoms with van der Waals surface area (Å²) in [5, 5.41) is 4.69. The molecule has 26 heavy (non-hydrogen) atoms. The number of ether oxygens (including phenoxy) is 3. The molecule has 0 fully saturated rings. The third kappa shape index (κ3) is 5.42. The molecular formula is C17H15Cl3N2O4. The number of halogens is 3. The molecule has 0 saturated carbocycles. The minimum atomic E-state index is -0.476. The monoisotopic (exact) mass is 416 g/mol. The highest BCUT2D eigenvalue weighted by Crippen LogP contribution is 2.33. The van der Waals surface area contributed by atoms with E-state index in [9.17, 15) is 4.79 Å². The van der Waals surface area contributed by atoms with E-state index in [4.69, 9.17) is 49.0 Å². The Morgan fingerprint density at radius 2 is 1.77 bits per heavy atom. The van der Waals surface area contributed by atoms with Gasteiger partial charge in [0.25, 0.3) is 5.91 Å². The lowest BCUT2D eigenvalue weighted by Crippen LogP contribution is -2.24. The molecule has 2 aromatic carbocycles. The number of hydrazone groups is 1. The number of carbonyl (C=O) groups excluding carboxylic acids is 1. The van der Waals surface area contributed by atoms with Gasteiger partial charge in [-0.3, -0.25) is 4.79 Å². The molecule has 0 aliphatic rings. The van der Waals surface area contributed by atoms with Crippen molar-refractivity contribution in [3.05, 3.63) is 51.0 Å². The summed E-state index contributed by atoms with van der Waals surface area (Å²) < 4.78 is 15.7. The summed E-state index contributed by atoms with van der Waals surface area (Å²) >= 11 is 17.7. The Labute approximate surface area is 165 Å². The van der Waals surface area contributed by atoms with E-state index >= 15 is 0 Å². The lowest BCUT2D eigenvalue weighted by Gasteiger charge is -2.08. The molecule has 0 bridgehead atoms. The van der Waals surface area contributed by atoms with E-state index in [1.54, 1.807) is 25.3 Å². The summed E-state index contributed by atoms with van der Waals surface area (Å²) in [6.07, 6.45) is 1.45. The fourth-order valence-electron chi connectivity index (χ4n) is 1.89. The maximum atomic E-state index is 11.8. The summed E-state index contributed by atoms with van der Waals surface area (Å²) in [4.78, 5) is 11.8. The van der Waals surface area contributed by atoms with E-state index < -0.39 is 5.91 Å². The zero-order valence-electron chi connectivity index (χ0n) is 13.9. The van der Waals surface area contributed by atoms with Crippen molar-refractivity contribution in [3.8, 4) is 17.2 Å². The van der Waals surface area contributed by atoms with Crippen molar-refractivity contribution >= 4 is 46.9 Å². The summed E-state index contributed by atoms with van der Waals surface area (Å²) in [6.45, 7) is -0.297. The van der Waals surface area contributed by atoms with Gasteiger partial charge in [0.1, 0.15) is 17.2 Å². The Kier molecular flexibility index (Phi) is 7.38. The standard InChI is InChI=1S/C17H15Cl3N2O4/c1-24-11-4-3-10(15(5-11)25-2)8-21-22-17(23)9-26-16-7-13(19)12(18)6-14(16)20/h3-8H,9H2,1-2H3,(H,22,23)/b21-8+. The van der Waals surface area contributed by atoms with Crippen LogP contribution in [0.4, 0.5) is 0 Å². The van der Waals surface area contributed by atoms with Gasteiger partial charge in [-0.2, -0.15) is 5.10 Å². The predicted octanol–water partition coefficient (Wildman–Crippen LogP) is 4.19. The van der Waals surface area contributed by atoms with Crippen LogP contribution in [-0.4, -0.2) is 32.9 Å². The normalized spacial score (nSPS) is 10.7. The Bertz CT molecular complexity index is 828. The van der Waals surface area contributed by atoms with Crippen LogP contribution in [-0.2, 0) is 4.79 Å². The minimum Gasteiger partial charge on any atom is -0.497 e. The topological polar surface area (TPSA) is 69.2 Å². The second kappa shape index (κ2) is 9.52. The highest BCUT2D eigenvalue weighted by molar-refractivity contribution is 6.43. The van der Waals surface area contributed by atoms with Crippen LogP contribution in [0, 0.1) is 0 Å². The van der Waals surface area contributed by atoms with Crippen LogP contribution in [0.3, 0.4) is 0 Å². The Morgan fingerprint density at radius 1 is 1.04 bits per heavy atom. The van der Waals surface area contributed by atoms with Crippen molar-refractivity contribution < 1.29 is 19.0 Å². The molecule has 0 spiro atoms. The summed E-state index contributed by atoms with van der Waals surface area (Å²) in [5.41, 5.74) is 3.01. The van der Waals surface area contributed by atoms with Gasteiger partial charge in [-0.05, 0) is 18.2 Å². The van der Waals surface area contributed by atoms with Crippen molar-refractivity contribution in [2.24, 2.45) is 5.10 Å². The van der Waals surface area contributed by atoms with Crippen molar-refractivity contribution in [2.75, 3.05) is 20.8 Å². The first-order valence-electron chi connectivity index (χ1n) is 7.26. The molecule has 0 aliphatic carbocycles. The van der Waals surface area contributed by atoms with Gasteiger partial charge in [0.05, 0.1) is 35.5 Å². The maximum Gasteiger partial charge on any atom is 0.277 e. The van der Waals surface area contributed by atoms with Crippen molar-refractivity contribution in [2.45, 2.75) is 0 Å². The second-order valence-corrected chi connectivity index (χ2v) is 6.11. The summed E-state index contributed by atoms with van der Waals surface area (Å²) in [7, 11) is 3.09. The fourth-order valence-corrected chi connectivity index (χ4v) is 2.48. The van der Waals surface area contributed by atoms with E-state index in [-0.39, 0.29) is 22.4 Å². The number of nitrogens with one attached hydrogen (secondary N) is 1. The van der Waals surface area contributed by atoms with Crippen LogP contribution < -0.4 is 19.6 Å². The third-order valence-electron chi connectivity index (χ3n) is 3.17. The number of hydrogen-bond acceptors (Lipinski definition) is 5. The number of benzene rings is 2. The number of methoxy groups -OCH3 is 2. The number of hydrogen-bond donors (Lipinski definition) is 1. The summed E-state index contributed by atoms with van der Waals surface area (Å²) in [5.74, 6) is 0.976. The molecule has 2 rings (SSSR count). The van der Waals surface area contributed by atoms with Crippen molar-refractivity contribution in [3.63, 3.8) is 0 Å². The van der Waals surface area contributed by atoms with E-state index in [1.807, 2.05) is 0 Å². The second-order valence-electron chi connectivity index (χ2n) is 4.89. The van der Waals surface area contributed by atoms with E-state index in [2.05, 4.69) is 10.5 Å². The van der Waals surface area contributed by atoms with Crippen molar-refractivity contribution in [1.82, 2.24) is 5.43 Å². The molecule has 0 saturated heterocycles. The molecule has 0 unspecified atom stereocenters. The molecular weight excluding hydrogens is 403 g/mol. The molecule has 0 radical (unpaired) electrons. The first-order chi connectivity index (χ1) is 12.4. The Balaban J connectivity index is 1.93. The van der Waals surface area contributed by atoms with Gasteiger partial charge in [-0.15, -0.1) is 0 Å². The van der Waals surface area contributed by atoms with Crippen LogP contribution in [0.2, 0.25) is 15.1 Å². The molecule has 6 nitrogen and oxygen atoms in total. The van der Waals surface area contributed by atoms with Crippen LogP contribution >= 0.6 is 34.8 Å². The first kappa shape index (κ1) is 20.2. The molecule has 138 valence electrons. The predicted molar refractivity (Wildman–Crippen MR) is 102 cm³/mol. The molecule has 0 aromatic heterocycles. The lowest BCUT2D eigenvalue weighted by molar-refractivity contribution is -0.123. The molecule has 0 aliphatic heterocycles. The van der Waals surface area contributed by atoms with Gasteiger partial charge < -0.3 is 14.2 Å². The average Bonchev–Trinajstić information content (AvgIpc) is 2.63. The van der Waals surface area contributed by atoms with E-state index in [1.165, 1.54) is 25.5 Å². The third-order valence-corrected chi connectivity index (χ3v) is 4.18. The maximum absolute atomic E-state index is 11.8. The number of carbonyl (C=O) groups is 1. The van der Waals surface area contributed by atoms with Gasteiger partial charge in [0.15, 0.2) is 6.61 Å². The zero-order valence-corrected chi connectivity index (χ0v) is 16.2. The van der Waals surface area contributed by atoms with Gasteiger partial charge in [-0.25, -0.2) is 5.43 Å². The van der Waals surface area contributed by atoms with E-state index in [0.717, 1.165) is 0 Å². The molecule has 0 heterocycles. The SMILES string of the molecule is COc1ccc(/C=N/NC(=O)COc2cc(Cl)c(Cl)cc2Cl)c(OC)c1. The first-order valence-corrected chi connectivity index (χ1v) is 8.39. The average molecular weight is 418 g/mol. The molecule has 9 heteroatoms. The van der Waals surface area contributed by atoms with Gasteiger partial charge in [0.2, 0.25) is 0 Å². The van der Waals surface area contributed by atoms with Crippen LogP contribution in [0.25, 0.3) is 0 Å². The smallest absolute Gasteiger partial charge is 0.277 e. The Hall–Kier alpha value is -2.15. The number of nitrogens with zero attached hydrogens (tertiary/aromatic N) is 1. The highest BCUT2D eigenvalue weighted by atomic mass is 35.5. The molecule has 2 aromatic rings.